The van der Waals surface area contributed by atoms with Crippen LogP contribution < -0.4 is 11.1 Å². The van der Waals surface area contributed by atoms with E-state index in [9.17, 15) is 0 Å². The SMILES string of the molecule is CC.Cc1ccc(C(C)Nc2nccnc2-c2ccc(N)cc2)c(C)c1. The van der Waals surface area contributed by atoms with Crippen molar-refractivity contribution < 1.29 is 0 Å². The Labute approximate surface area is 156 Å². The minimum absolute atomic E-state index is 0.134. The third-order valence-corrected chi connectivity index (χ3v) is 4.13. The second-order valence-electron chi connectivity index (χ2n) is 6.10. The number of nitrogen functional groups attached to an aromatic ring is 1. The number of nitrogens with one attached hydrogen (secondary N) is 1. The predicted molar refractivity (Wildman–Crippen MR) is 111 cm³/mol. The van der Waals surface area contributed by atoms with E-state index < -0.39 is 0 Å². The molecule has 1 heterocycles. The van der Waals surface area contributed by atoms with Crippen LogP contribution in [0.2, 0.25) is 0 Å². The maximum Gasteiger partial charge on any atom is 0.153 e. The Bertz CT molecular complexity index is 841. The summed E-state index contributed by atoms with van der Waals surface area (Å²) in [6.45, 7) is 10.4. The average Bonchev–Trinajstić information content (AvgIpc) is 2.64. The van der Waals surface area contributed by atoms with Gasteiger partial charge in [0.25, 0.3) is 0 Å². The van der Waals surface area contributed by atoms with Crippen molar-refractivity contribution in [3.8, 4) is 11.3 Å². The van der Waals surface area contributed by atoms with Gasteiger partial charge in [0.1, 0.15) is 5.69 Å². The number of aromatic nitrogens is 2. The monoisotopic (exact) mass is 348 g/mol. The molecule has 0 aliphatic carbocycles. The normalized spacial score (nSPS) is 11.3. The molecule has 3 rings (SSSR count). The number of aryl methyl sites for hydroxylation is 2. The highest BCUT2D eigenvalue weighted by molar-refractivity contribution is 5.72. The molecule has 4 heteroatoms. The van der Waals surface area contributed by atoms with Gasteiger partial charge in [-0.2, -0.15) is 0 Å². The van der Waals surface area contributed by atoms with Gasteiger partial charge in [-0.05, 0) is 44.0 Å². The first-order valence-corrected chi connectivity index (χ1v) is 9.05. The quantitative estimate of drug-likeness (QED) is 0.607. The van der Waals surface area contributed by atoms with Gasteiger partial charge in [0, 0.05) is 23.6 Å². The Morgan fingerprint density at radius 3 is 2.23 bits per heavy atom. The maximum atomic E-state index is 5.78. The van der Waals surface area contributed by atoms with Crippen molar-refractivity contribution in [1.29, 1.82) is 0 Å². The van der Waals surface area contributed by atoms with E-state index in [0.29, 0.717) is 0 Å². The van der Waals surface area contributed by atoms with E-state index in [2.05, 4.69) is 54.3 Å². The molecule has 0 spiro atoms. The third-order valence-electron chi connectivity index (χ3n) is 4.13. The zero-order valence-corrected chi connectivity index (χ0v) is 16.2. The minimum Gasteiger partial charge on any atom is -0.399 e. The van der Waals surface area contributed by atoms with Crippen molar-refractivity contribution in [3.05, 3.63) is 71.5 Å². The second kappa shape index (κ2) is 8.99. The predicted octanol–water partition coefficient (Wildman–Crippen LogP) is 5.54. The van der Waals surface area contributed by atoms with E-state index >= 15 is 0 Å². The molecule has 3 aromatic rings. The second-order valence-corrected chi connectivity index (χ2v) is 6.10. The van der Waals surface area contributed by atoms with E-state index in [-0.39, 0.29) is 6.04 Å². The summed E-state index contributed by atoms with van der Waals surface area (Å²) < 4.78 is 0. The number of nitrogens with two attached hydrogens (primary N) is 1. The van der Waals surface area contributed by atoms with Crippen LogP contribution in [0.15, 0.2) is 54.9 Å². The zero-order valence-electron chi connectivity index (χ0n) is 16.2. The molecule has 4 nitrogen and oxygen atoms in total. The first-order valence-electron chi connectivity index (χ1n) is 9.05. The van der Waals surface area contributed by atoms with Crippen LogP contribution >= 0.6 is 0 Å². The highest BCUT2D eigenvalue weighted by Crippen LogP contribution is 2.28. The largest absolute Gasteiger partial charge is 0.399 e. The lowest BCUT2D eigenvalue weighted by Crippen LogP contribution is -2.11. The van der Waals surface area contributed by atoms with E-state index in [1.807, 2.05) is 38.1 Å². The number of benzene rings is 2. The molecular formula is C22H28N4. The summed E-state index contributed by atoms with van der Waals surface area (Å²) in [6.07, 6.45) is 3.41. The Hall–Kier alpha value is -2.88. The van der Waals surface area contributed by atoms with Crippen LogP contribution in [0.1, 0.15) is 43.5 Å². The molecule has 0 bridgehead atoms. The van der Waals surface area contributed by atoms with Crippen molar-refractivity contribution in [1.82, 2.24) is 9.97 Å². The fourth-order valence-electron chi connectivity index (χ4n) is 2.89. The molecule has 2 aromatic carbocycles. The number of rotatable bonds is 4. The Morgan fingerprint density at radius 2 is 1.58 bits per heavy atom. The van der Waals surface area contributed by atoms with Gasteiger partial charge < -0.3 is 11.1 Å². The summed E-state index contributed by atoms with van der Waals surface area (Å²) in [5, 5.41) is 3.50. The highest BCUT2D eigenvalue weighted by atomic mass is 15.0. The van der Waals surface area contributed by atoms with Crippen LogP contribution in [0, 0.1) is 13.8 Å². The molecule has 0 fully saturated rings. The van der Waals surface area contributed by atoms with Crippen LogP contribution in [0.4, 0.5) is 11.5 Å². The number of hydrogen-bond donors (Lipinski definition) is 2. The Kier molecular flexibility index (Phi) is 6.73. The standard InChI is InChI=1S/C20H22N4.C2H6/c1-13-4-9-18(14(2)12-13)15(3)24-20-19(22-10-11-23-20)16-5-7-17(21)8-6-16;1-2/h4-12,15H,21H2,1-3H3,(H,23,24);1-2H3. The molecule has 0 radical (unpaired) electrons. The van der Waals surface area contributed by atoms with E-state index in [4.69, 9.17) is 5.73 Å². The first-order chi connectivity index (χ1) is 12.5. The van der Waals surface area contributed by atoms with Crippen LogP contribution in [-0.2, 0) is 0 Å². The van der Waals surface area contributed by atoms with Crippen LogP contribution in [0.5, 0.6) is 0 Å². The molecule has 1 aromatic heterocycles. The van der Waals surface area contributed by atoms with Gasteiger partial charge >= 0.3 is 0 Å². The van der Waals surface area contributed by atoms with Gasteiger partial charge in [-0.1, -0.05) is 49.7 Å². The molecule has 136 valence electrons. The topological polar surface area (TPSA) is 63.8 Å². The lowest BCUT2D eigenvalue weighted by molar-refractivity contribution is 0.862. The number of nitrogens with zero attached hydrogens (tertiary/aromatic N) is 2. The van der Waals surface area contributed by atoms with Gasteiger partial charge in [0.2, 0.25) is 0 Å². The molecule has 0 aliphatic rings. The fraction of sp³-hybridized carbons (Fsp3) is 0.273. The van der Waals surface area contributed by atoms with Crippen LogP contribution in [0.25, 0.3) is 11.3 Å². The molecule has 3 N–H and O–H groups in total. The smallest absolute Gasteiger partial charge is 0.153 e. The zero-order chi connectivity index (χ0) is 19.1. The Balaban J connectivity index is 0.00000117. The van der Waals surface area contributed by atoms with Crippen molar-refractivity contribution >= 4 is 11.5 Å². The summed E-state index contributed by atoms with van der Waals surface area (Å²) >= 11 is 0. The van der Waals surface area contributed by atoms with Crippen molar-refractivity contribution in [2.24, 2.45) is 0 Å². The molecule has 0 saturated heterocycles. The van der Waals surface area contributed by atoms with Crippen molar-refractivity contribution in [2.45, 2.75) is 40.7 Å². The van der Waals surface area contributed by atoms with Gasteiger partial charge in [0.15, 0.2) is 5.82 Å². The lowest BCUT2D eigenvalue weighted by atomic mass is 10.00. The number of anilines is 2. The summed E-state index contributed by atoms with van der Waals surface area (Å²) in [4.78, 5) is 8.98. The molecule has 0 aliphatic heterocycles. The highest BCUT2D eigenvalue weighted by Gasteiger charge is 2.13. The fourth-order valence-corrected chi connectivity index (χ4v) is 2.89. The third kappa shape index (κ3) is 4.60. The summed E-state index contributed by atoms with van der Waals surface area (Å²) in [5.74, 6) is 0.773. The molecule has 0 saturated carbocycles. The van der Waals surface area contributed by atoms with Crippen molar-refractivity contribution in [3.63, 3.8) is 0 Å². The van der Waals surface area contributed by atoms with Crippen LogP contribution in [-0.4, -0.2) is 9.97 Å². The van der Waals surface area contributed by atoms with Gasteiger partial charge in [-0.3, -0.25) is 4.98 Å². The van der Waals surface area contributed by atoms with E-state index in [1.54, 1.807) is 12.4 Å². The summed E-state index contributed by atoms with van der Waals surface area (Å²) in [6, 6.07) is 14.3. The van der Waals surface area contributed by atoms with Crippen LogP contribution in [0.3, 0.4) is 0 Å². The van der Waals surface area contributed by atoms with Gasteiger partial charge in [0.05, 0.1) is 6.04 Å². The van der Waals surface area contributed by atoms with E-state index in [1.165, 1.54) is 16.7 Å². The van der Waals surface area contributed by atoms with Gasteiger partial charge in [-0.25, -0.2) is 4.98 Å². The first kappa shape index (κ1) is 19.4. The molecule has 0 amide bonds. The molecular weight excluding hydrogens is 320 g/mol. The summed E-state index contributed by atoms with van der Waals surface area (Å²) in [7, 11) is 0. The summed E-state index contributed by atoms with van der Waals surface area (Å²) in [5.41, 5.74) is 12.1. The minimum atomic E-state index is 0.134. The van der Waals surface area contributed by atoms with Gasteiger partial charge in [-0.15, -0.1) is 0 Å². The number of hydrogen-bond acceptors (Lipinski definition) is 4. The average molecular weight is 348 g/mol. The molecule has 1 unspecified atom stereocenters. The maximum absolute atomic E-state index is 5.78. The van der Waals surface area contributed by atoms with E-state index in [0.717, 1.165) is 22.8 Å². The van der Waals surface area contributed by atoms with Crippen molar-refractivity contribution in [2.75, 3.05) is 11.1 Å². The lowest BCUT2D eigenvalue weighted by Gasteiger charge is -2.19. The molecule has 1 atom stereocenters. The molecule has 26 heavy (non-hydrogen) atoms. The Morgan fingerprint density at radius 1 is 0.923 bits per heavy atom.